The average molecular weight is 265 g/mol. The van der Waals surface area contributed by atoms with Gasteiger partial charge in [0.15, 0.2) is 0 Å². The standard InChI is InChI=1S/C15H24FN3/c1-11-8-19(9-12(2)18(11)3)10-13-4-5-15(16)14(6-13)7-17/h4-6,11-12H,7-10,17H2,1-3H3. The summed E-state index contributed by atoms with van der Waals surface area (Å²) in [7, 11) is 2.18. The van der Waals surface area contributed by atoms with Crippen LogP contribution in [0.25, 0.3) is 0 Å². The molecule has 1 aromatic carbocycles. The van der Waals surface area contributed by atoms with Crippen LogP contribution in [0.4, 0.5) is 4.39 Å². The first-order chi connectivity index (χ1) is 9.01. The van der Waals surface area contributed by atoms with Gasteiger partial charge in [0, 0.05) is 43.8 Å². The van der Waals surface area contributed by atoms with Crippen LogP contribution in [0.5, 0.6) is 0 Å². The highest BCUT2D eigenvalue weighted by Crippen LogP contribution is 2.17. The lowest BCUT2D eigenvalue weighted by atomic mass is 10.1. The number of piperazine rings is 1. The van der Waals surface area contributed by atoms with E-state index in [4.69, 9.17) is 5.73 Å². The molecule has 0 amide bonds. The zero-order chi connectivity index (χ0) is 14.0. The van der Waals surface area contributed by atoms with E-state index < -0.39 is 0 Å². The fourth-order valence-corrected chi connectivity index (χ4v) is 2.78. The van der Waals surface area contributed by atoms with Crippen molar-refractivity contribution in [3.05, 3.63) is 35.1 Å². The largest absolute Gasteiger partial charge is 0.326 e. The van der Waals surface area contributed by atoms with Gasteiger partial charge in [-0.05, 0) is 32.5 Å². The highest BCUT2D eigenvalue weighted by Gasteiger charge is 2.26. The average Bonchev–Trinajstić information content (AvgIpc) is 2.38. The Hall–Kier alpha value is -0.970. The highest BCUT2D eigenvalue weighted by molar-refractivity contribution is 5.25. The van der Waals surface area contributed by atoms with Gasteiger partial charge in [0.25, 0.3) is 0 Å². The molecule has 1 fully saturated rings. The summed E-state index contributed by atoms with van der Waals surface area (Å²) in [6, 6.07) is 6.39. The smallest absolute Gasteiger partial charge is 0.127 e. The van der Waals surface area contributed by atoms with Crippen LogP contribution in [0.3, 0.4) is 0 Å². The fraction of sp³-hybridized carbons (Fsp3) is 0.600. The summed E-state index contributed by atoms with van der Waals surface area (Å²) < 4.78 is 13.4. The van der Waals surface area contributed by atoms with Gasteiger partial charge in [-0.3, -0.25) is 9.80 Å². The molecule has 0 aliphatic carbocycles. The second-order valence-electron chi connectivity index (χ2n) is 5.69. The zero-order valence-corrected chi connectivity index (χ0v) is 12.1. The van der Waals surface area contributed by atoms with E-state index >= 15 is 0 Å². The Balaban J connectivity index is 2.05. The van der Waals surface area contributed by atoms with Crippen molar-refractivity contribution in [1.29, 1.82) is 0 Å². The van der Waals surface area contributed by atoms with E-state index in [1.165, 1.54) is 6.07 Å². The monoisotopic (exact) mass is 265 g/mol. The summed E-state index contributed by atoms with van der Waals surface area (Å²) in [4.78, 5) is 4.84. The quantitative estimate of drug-likeness (QED) is 0.904. The van der Waals surface area contributed by atoms with E-state index in [2.05, 4.69) is 30.7 Å². The second kappa shape index (κ2) is 5.99. The van der Waals surface area contributed by atoms with Crippen molar-refractivity contribution in [2.75, 3.05) is 20.1 Å². The molecule has 3 nitrogen and oxygen atoms in total. The van der Waals surface area contributed by atoms with Gasteiger partial charge >= 0.3 is 0 Å². The number of hydrogen-bond acceptors (Lipinski definition) is 3. The van der Waals surface area contributed by atoms with Crippen molar-refractivity contribution in [2.24, 2.45) is 5.73 Å². The SMILES string of the molecule is CC1CN(Cc2ccc(F)c(CN)c2)CC(C)N1C. The lowest BCUT2D eigenvalue weighted by Gasteiger charge is -2.42. The minimum absolute atomic E-state index is 0.202. The van der Waals surface area contributed by atoms with Gasteiger partial charge in [0.05, 0.1) is 0 Å². The van der Waals surface area contributed by atoms with Crippen molar-refractivity contribution >= 4 is 0 Å². The molecule has 1 aliphatic heterocycles. The van der Waals surface area contributed by atoms with Gasteiger partial charge in [0.2, 0.25) is 0 Å². The minimum Gasteiger partial charge on any atom is -0.326 e. The van der Waals surface area contributed by atoms with Crippen molar-refractivity contribution in [1.82, 2.24) is 9.80 Å². The highest BCUT2D eigenvalue weighted by atomic mass is 19.1. The molecule has 1 aromatic rings. The van der Waals surface area contributed by atoms with Crippen molar-refractivity contribution in [3.63, 3.8) is 0 Å². The molecule has 0 saturated carbocycles. The molecule has 1 aliphatic rings. The molecule has 106 valence electrons. The van der Waals surface area contributed by atoms with Crippen LogP contribution >= 0.6 is 0 Å². The molecular formula is C15H24FN3. The summed E-state index contributed by atoms with van der Waals surface area (Å²) >= 11 is 0. The van der Waals surface area contributed by atoms with E-state index in [0.717, 1.165) is 25.2 Å². The number of hydrogen-bond donors (Lipinski definition) is 1. The maximum atomic E-state index is 13.4. The van der Waals surface area contributed by atoms with Crippen LogP contribution in [-0.4, -0.2) is 42.0 Å². The third-order valence-electron chi connectivity index (χ3n) is 4.17. The Kier molecular flexibility index (Phi) is 4.55. The van der Waals surface area contributed by atoms with Crippen LogP contribution in [0.15, 0.2) is 18.2 Å². The van der Waals surface area contributed by atoms with E-state index in [-0.39, 0.29) is 12.4 Å². The Bertz CT molecular complexity index is 423. The first-order valence-corrected chi connectivity index (χ1v) is 6.93. The first-order valence-electron chi connectivity index (χ1n) is 6.93. The van der Waals surface area contributed by atoms with Gasteiger partial charge < -0.3 is 5.73 Å². The Morgan fingerprint density at radius 2 is 1.89 bits per heavy atom. The predicted octanol–water partition coefficient (Wildman–Crippen LogP) is 1.81. The summed E-state index contributed by atoms with van der Waals surface area (Å²) in [5.74, 6) is -0.202. The Labute approximate surface area is 115 Å². The number of nitrogens with zero attached hydrogens (tertiary/aromatic N) is 2. The normalized spacial score (nSPS) is 25.7. The number of likely N-dealkylation sites (N-methyl/N-ethyl adjacent to an activating group) is 1. The summed E-state index contributed by atoms with van der Waals surface area (Å²) in [6.07, 6.45) is 0. The predicted molar refractivity (Wildman–Crippen MR) is 76.3 cm³/mol. The molecule has 2 rings (SSSR count). The molecule has 2 N–H and O–H groups in total. The summed E-state index contributed by atoms with van der Waals surface area (Å²) in [5.41, 5.74) is 7.30. The number of rotatable bonds is 3. The summed E-state index contributed by atoms with van der Waals surface area (Å²) in [6.45, 7) is 7.73. The first kappa shape index (κ1) is 14.4. The molecule has 0 spiro atoms. The third-order valence-corrected chi connectivity index (χ3v) is 4.17. The molecule has 2 atom stereocenters. The molecule has 4 heteroatoms. The zero-order valence-electron chi connectivity index (χ0n) is 12.1. The molecular weight excluding hydrogens is 241 g/mol. The van der Waals surface area contributed by atoms with Crippen LogP contribution in [0, 0.1) is 5.82 Å². The lowest BCUT2D eigenvalue weighted by Crippen LogP contribution is -2.54. The van der Waals surface area contributed by atoms with E-state index in [0.29, 0.717) is 17.6 Å². The second-order valence-corrected chi connectivity index (χ2v) is 5.69. The maximum absolute atomic E-state index is 13.4. The molecule has 2 unspecified atom stereocenters. The van der Waals surface area contributed by atoms with Crippen LogP contribution in [-0.2, 0) is 13.1 Å². The van der Waals surface area contributed by atoms with Gasteiger partial charge in [0.1, 0.15) is 5.82 Å². The van der Waals surface area contributed by atoms with Gasteiger partial charge in [-0.15, -0.1) is 0 Å². The van der Waals surface area contributed by atoms with Crippen molar-refractivity contribution in [2.45, 2.75) is 39.0 Å². The Morgan fingerprint density at radius 3 is 2.47 bits per heavy atom. The maximum Gasteiger partial charge on any atom is 0.127 e. The topological polar surface area (TPSA) is 32.5 Å². The van der Waals surface area contributed by atoms with Gasteiger partial charge in [-0.2, -0.15) is 0 Å². The number of benzene rings is 1. The van der Waals surface area contributed by atoms with Crippen LogP contribution in [0.1, 0.15) is 25.0 Å². The van der Waals surface area contributed by atoms with E-state index in [9.17, 15) is 4.39 Å². The molecule has 0 radical (unpaired) electrons. The minimum atomic E-state index is -0.202. The van der Waals surface area contributed by atoms with Crippen molar-refractivity contribution < 1.29 is 4.39 Å². The van der Waals surface area contributed by atoms with Crippen LogP contribution < -0.4 is 5.73 Å². The van der Waals surface area contributed by atoms with Crippen molar-refractivity contribution in [3.8, 4) is 0 Å². The number of nitrogens with two attached hydrogens (primary N) is 1. The lowest BCUT2D eigenvalue weighted by molar-refractivity contribution is 0.0556. The van der Waals surface area contributed by atoms with E-state index in [1.54, 1.807) is 0 Å². The van der Waals surface area contributed by atoms with Crippen LogP contribution in [0.2, 0.25) is 0 Å². The fourth-order valence-electron chi connectivity index (χ4n) is 2.78. The third kappa shape index (κ3) is 3.32. The van der Waals surface area contributed by atoms with E-state index in [1.807, 2.05) is 12.1 Å². The molecule has 0 aromatic heterocycles. The van der Waals surface area contributed by atoms with Gasteiger partial charge in [-0.25, -0.2) is 4.39 Å². The van der Waals surface area contributed by atoms with Gasteiger partial charge in [-0.1, -0.05) is 12.1 Å². The molecule has 19 heavy (non-hydrogen) atoms. The molecule has 1 saturated heterocycles. The Morgan fingerprint density at radius 1 is 1.26 bits per heavy atom. The molecule has 1 heterocycles. The molecule has 0 bridgehead atoms. The summed E-state index contributed by atoms with van der Waals surface area (Å²) in [5, 5.41) is 0. The number of halogens is 1.